The molecule has 0 aliphatic heterocycles. The maximum atomic E-state index is 12.8. The molecular formula is C10H11F4N. The average Bonchev–Trinajstić information content (AvgIpc) is 2.17. The van der Waals surface area contributed by atoms with Gasteiger partial charge in [-0.05, 0) is 12.5 Å². The van der Waals surface area contributed by atoms with Crippen LogP contribution in [0.25, 0.3) is 0 Å². The number of hydrogen-bond donors (Lipinski definition) is 1. The monoisotopic (exact) mass is 221 g/mol. The fourth-order valence-electron chi connectivity index (χ4n) is 1.13. The van der Waals surface area contributed by atoms with Crippen LogP contribution in [-0.2, 0) is 5.92 Å². The number of hydrogen-bond acceptors (Lipinski definition) is 1. The second kappa shape index (κ2) is 4.18. The number of nitrogens with two attached hydrogens (primary N) is 1. The van der Waals surface area contributed by atoms with Gasteiger partial charge in [-0.3, -0.25) is 0 Å². The summed E-state index contributed by atoms with van der Waals surface area (Å²) in [5.74, 6) is -4.10. The third kappa shape index (κ3) is 2.47. The van der Waals surface area contributed by atoms with Crippen molar-refractivity contribution in [3.05, 3.63) is 35.4 Å². The average molecular weight is 221 g/mol. The minimum Gasteiger partial charge on any atom is -0.324 e. The molecule has 0 aromatic heterocycles. The van der Waals surface area contributed by atoms with Crippen LogP contribution in [0.5, 0.6) is 0 Å². The molecule has 1 rings (SSSR count). The first-order valence-electron chi connectivity index (χ1n) is 4.37. The minimum absolute atomic E-state index is 0.306. The standard InChI is InChI=1S/C10H11F4N/c1-6(15)7-2-4-8(5-3-7)10(13,14)9(11)12/h2-6,9H,15H2,1H3. The molecule has 0 saturated carbocycles. The summed E-state index contributed by atoms with van der Waals surface area (Å²) in [6.45, 7) is 1.68. The summed E-state index contributed by atoms with van der Waals surface area (Å²) >= 11 is 0. The molecule has 0 bridgehead atoms. The van der Waals surface area contributed by atoms with Crippen molar-refractivity contribution >= 4 is 0 Å². The molecule has 0 radical (unpaired) electrons. The van der Waals surface area contributed by atoms with Gasteiger partial charge in [0.2, 0.25) is 0 Å². The lowest BCUT2D eigenvalue weighted by Gasteiger charge is -2.16. The molecule has 1 nitrogen and oxygen atoms in total. The van der Waals surface area contributed by atoms with Crippen molar-refractivity contribution in [2.24, 2.45) is 5.73 Å². The van der Waals surface area contributed by atoms with Crippen LogP contribution in [0.3, 0.4) is 0 Å². The van der Waals surface area contributed by atoms with Gasteiger partial charge in [0.05, 0.1) is 0 Å². The van der Waals surface area contributed by atoms with Crippen molar-refractivity contribution in [3.63, 3.8) is 0 Å². The minimum atomic E-state index is -4.10. The van der Waals surface area contributed by atoms with Crippen LogP contribution >= 0.6 is 0 Å². The van der Waals surface area contributed by atoms with Crippen LogP contribution in [0.15, 0.2) is 24.3 Å². The molecule has 0 amide bonds. The highest BCUT2D eigenvalue weighted by atomic mass is 19.3. The van der Waals surface area contributed by atoms with E-state index in [9.17, 15) is 17.6 Å². The quantitative estimate of drug-likeness (QED) is 0.780. The Kier molecular flexibility index (Phi) is 3.34. The highest BCUT2D eigenvalue weighted by Gasteiger charge is 2.42. The molecular weight excluding hydrogens is 210 g/mol. The zero-order valence-electron chi connectivity index (χ0n) is 8.05. The fraction of sp³-hybridized carbons (Fsp3) is 0.400. The molecule has 0 spiro atoms. The van der Waals surface area contributed by atoms with Gasteiger partial charge in [-0.2, -0.15) is 8.78 Å². The van der Waals surface area contributed by atoms with E-state index in [0.29, 0.717) is 5.56 Å². The fourth-order valence-corrected chi connectivity index (χ4v) is 1.13. The molecule has 1 unspecified atom stereocenters. The molecule has 0 heterocycles. The largest absolute Gasteiger partial charge is 0.332 e. The SMILES string of the molecule is CC(N)c1ccc(C(F)(F)C(F)F)cc1. The van der Waals surface area contributed by atoms with Crippen molar-refractivity contribution in [1.82, 2.24) is 0 Å². The molecule has 0 fully saturated rings. The zero-order chi connectivity index (χ0) is 11.6. The molecule has 1 aromatic rings. The van der Waals surface area contributed by atoms with E-state index in [2.05, 4.69) is 0 Å². The van der Waals surface area contributed by atoms with E-state index in [4.69, 9.17) is 5.73 Å². The summed E-state index contributed by atoms with van der Waals surface area (Å²) in [5.41, 5.74) is 5.43. The van der Waals surface area contributed by atoms with Crippen LogP contribution in [-0.4, -0.2) is 6.43 Å². The van der Waals surface area contributed by atoms with Crippen molar-refractivity contribution in [1.29, 1.82) is 0 Å². The molecule has 15 heavy (non-hydrogen) atoms. The Morgan fingerprint density at radius 1 is 1.13 bits per heavy atom. The summed E-state index contributed by atoms with van der Waals surface area (Å²) in [5, 5.41) is 0. The summed E-state index contributed by atoms with van der Waals surface area (Å²) in [6, 6.07) is 4.31. The van der Waals surface area contributed by atoms with E-state index < -0.39 is 17.9 Å². The van der Waals surface area contributed by atoms with Crippen molar-refractivity contribution in [2.45, 2.75) is 25.3 Å². The highest BCUT2D eigenvalue weighted by Crippen LogP contribution is 2.34. The first-order valence-corrected chi connectivity index (χ1v) is 4.37. The normalized spacial score (nSPS) is 14.3. The summed E-state index contributed by atoms with van der Waals surface area (Å²) in [7, 11) is 0. The van der Waals surface area contributed by atoms with Gasteiger partial charge in [0, 0.05) is 11.6 Å². The number of alkyl halides is 4. The van der Waals surface area contributed by atoms with Gasteiger partial charge in [-0.25, -0.2) is 8.78 Å². The van der Waals surface area contributed by atoms with E-state index in [1.807, 2.05) is 0 Å². The Hall–Kier alpha value is -1.10. The lowest BCUT2D eigenvalue weighted by atomic mass is 10.0. The molecule has 5 heteroatoms. The number of halogens is 4. The van der Waals surface area contributed by atoms with E-state index in [-0.39, 0.29) is 6.04 Å². The van der Waals surface area contributed by atoms with Crippen LogP contribution in [0.4, 0.5) is 17.6 Å². The zero-order valence-corrected chi connectivity index (χ0v) is 8.05. The van der Waals surface area contributed by atoms with Gasteiger partial charge in [-0.15, -0.1) is 0 Å². The van der Waals surface area contributed by atoms with Gasteiger partial charge < -0.3 is 5.73 Å². The Balaban J connectivity index is 2.98. The van der Waals surface area contributed by atoms with Gasteiger partial charge in [0.25, 0.3) is 0 Å². The molecule has 0 aliphatic carbocycles. The third-order valence-corrected chi connectivity index (χ3v) is 2.10. The predicted molar refractivity (Wildman–Crippen MR) is 48.9 cm³/mol. The van der Waals surface area contributed by atoms with Gasteiger partial charge >= 0.3 is 12.3 Å². The highest BCUT2D eigenvalue weighted by molar-refractivity contribution is 5.27. The van der Waals surface area contributed by atoms with E-state index in [1.54, 1.807) is 6.92 Å². The first-order chi connectivity index (χ1) is 6.85. The maximum Gasteiger partial charge on any atom is 0.332 e. The molecule has 1 atom stereocenters. The Morgan fingerprint density at radius 3 is 1.93 bits per heavy atom. The van der Waals surface area contributed by atoms with Crippen molar-refractivity contribution in [2.75, 3.05) is 0 Å². The second-order valence-electron chi connectivity index (χ2n) is 3.33. The van der Waals surface area contributed by atoms with Crippen molar-refractivity contribution < 1.29 is 17.6 Å². The van der Waals surface area contributed by atoms with E-state index in [0.717, 1.165) is 12.1 Å². The lowest BCUT2D eigenvalue weighted by Crippen LogP contribution is -2.23. The Morgan fingerprint density at radius 2 is 1.60 bits per heavy atom. The molecule has 2 N–H and O–H groups in total. The van der Waals surface area contributed by atoms with E-state index in [1.165, 1.54) is 12.1 Å². The summed E-state index contributed by atoms with van der Waals surface area (Å²) < 4.78 is 49.6. The first kappa shape index (κ1) is 12.0. The molecule has 0 aliphatic rings. The Labute approximate surface area is 84.9 Å². The van der Waals surface area contributed by atoms with Crippen LogP contribution in [0, 0.1) is 0 Å². The van der Waals surface area contributed by atoms with Crippen molar-refractivity contribution in [3.8, 4) is 0 Å². The lowest BCUT2D eigenvalue weighted by molar-refractivity contribution is -0.135. The second-order valence-corrected chi connectivity index (χ2v) is 3.33. The third-order valence-electron chi connectivity index (χ3n) is 2.10. The van der Waals surface area contributed by atoms with Gasteiger partial charge in [-0.1, -0.05) is 24.3 Å². The van der Waals surface area contributed by atoms with E-state index >= 15 is 0 Å². The van der Waals surface area contributed by atoms with Crippen LogP contribution in [0.1, 0.15) is 24.1 Å². The molecule has 1 aromatic carbocycles. The smallest absolute Gasteiger partial charge is 0.324 e. The topological polar surface area (TPSA) is 26.0 Å². The molecule has 84 valence electrons. The number of benzene rings is 1. The maximum absolute atomic E-state index is 12.8. The van der Waals surface area contributed by atoms with Gasteiger partial charge in [0.15, 0.2) is 0 Å². The Bertz CT molecular complexity index is 319. The predicted octanol–water partition coefficient (Wildman–Crippen LogP) is 3.06. The summed E-state index contributed by atoms with van der Waals surface area (Å²) in [6.07, 6.45) is -3.70. The van der Waals surface area contributed by atoms with Crippen LogP contribution in [0.2, 0.25) is 0 Å². The van der Waals surface area contributed by atoms with Gasteiger partial charge in [0.1, 0.15) is 0 Å². The summed E-state index contributed by atoms with van der Waals surface area (Å²) in [4.78, 5) is 0. The number of rotatable bonds is 3. The van der Waals surface area contributed by atoms with Crippen LogP contribution < -0.4 is 5.73 Å². The molecule has 0 saturated heterocycles.